The summed E-state index contributed by atoms with van der Waals surface area (Å²) in [6.45, 7) is 2.15. The topological polar surface area (TPSA) is 79.3 Å². The zero-order valence-electron chi connectivity index (χ0n) is 10.5. The van der Waals surface area contributed by atoms with Gasteiger partial charge in [-0.2, -0.15) is 0 Å². The van der Waals surface area contributed by atoms with Gasteiger partial charge in [-0.05, 0) is 40.5 Å². The maximum absolute atomic E-state index is 12.0. The van der Waals surface area contributed by atoms with Gasteiger partial charge in [0.15, 0.2) is 5.69 Å². The van der Waals surface area contributed by atoms with Crippen LogP contribution in [0.25, 0.3) is 0 Å². The summed E-state index contributed by atoms with van der Waals surface area (Å²) in [5.74, 6) is -1.30. The van der Waals surface area contributed by atoms with Gasteiger partial charge in [-0.1, -0.05) is 6.07 Å². The first-order valence-electron chi connectivity index (χ1n) is 5.69. The number of rotatable bonds is 4. The van der Waals surface area contributed by atoms with Crippen molar-refractivity contribution in [1.29, 1.82) is 0 Å². The van der Waals surface area contributed by atoms with Crippen LogP contribution >= 0.6 is 27.3 Å². The number of carbonyl (C=O) groups is 2. The van der Waals surface area contributed by atoms with Gasteiger partial charge in [0.25, 0.3) is 5.91 Å². The van der Waals surface area contributed by atoms with Crippen LogP contribution in [0, 0.1) is 6.92 Å². The molecule has 7 heteroatoms. The highest BCUT2D eigenvalue weighted by Crippen LogP contribution is 2.18. The first-order chi connectivity index (χ1) is 9.47. The average Bonchev–Trinajstić information content (AvgIpc) is 2.85. The second-order valence-electron chi connectivity index (χ2n) is 4.10. The molecule has 0 unspecified atom stereocenters. The Morgan fingerprint density at radius 2 is 2.20 bits per heavy atom. The molecule has 0 fully saturated rings. The minimum absolute atomic E-state index is 0.00392. The SMILES string of the molecule is Cc1ccc(C(=O)NCc2nc(C(=O)O)cs2)c(Br)c1. The third-order valence-electron chi connectivity index (χ3n) is 2.54. The van der Waals surface area contributed by atoms with Crippen molar-refractivity contribution in [2.24, 2.45) is 0 Å². The van der Waals surface area contributed by atoms with E-state index < -0.39 is 5.97 Å². The molecule has 1 amide bonds. The number of nitrogens with one attached hydrogen (secondary N) is 1. The molecule has 1 heterocycles. The Morgan fingerprint density at radius 3 is 2.80 bits per heavy atom. The Labute approximate surface area is 127 Å². The molecule has 0 aliphatic rings. The number of carboxylic acids is 1. The van der Waals surface area contributed by atoms with Gasteiger partial charge in [-0.3, -0.25) is 4.79 Å². The minimum atomic E-state index is -1.07. The van der Waals surface area contributed by atoms with Crippen LogP contribution in [0.15, 0.2) is 28.1 Å². The number of carbonyl (C=O) groups excluding carboxylic acids is 1. The number of aryl methyl sites for hydroxylation is 1. The summed E-state index contributed by atoms with van der Waals surface area (Å²) >= 11 is 4.55. The summed E-state index contributed by atoms with van der Waals surface area (Å²) < 4.78 is 0.723. The van der Waals surface area contributed by atoms with Crippen molar-refractivity contribution in [2.75, 3.05) is 0 Å². The molecule has 5 nitrogen and oxygen atoms in total. The van der Waals surface area contributed by atoms with Gasteiger partial charge in [0.05, 0.1) is 12.1 Å². The van der Waals surface area contributed by atoms with Crippen LogP contribution in [0.2, 0.25) is 0 Å². The molecule has 0 saturated carbocycles. The summed E-state index contributed by atoms with van der Waals surface area (Å²) in [4.78, 5) is 26.6. The molecular formula is C13H11BrN2O3S. The molecule has 20 heavy (non-hydrogen) atoms. The van der Waals surface area contributed by atoms with Crippen molar-refractivity contribution in [3.05, 3.63) is 49.9 Å². The lowest BCUT2D eigenvalue weighted by molar-refractivity contribution is 0.0691. The standard InChI is InChI=1S/C13H11BrN2O3S/c1-7-2-3-8(9(14)4-7)12(17)15-5-11-16-10(6-20-11)13(18)19/h2-4,6H,5H2,1H3,(H,15,17)(H,18,19). The van der Waals surface area contributed by atoms with Crippen molar-refractivity contribution < 1.29 is 14.7 Å². The van der Waals surface area contributed by atoms with Crippen LogP contribution in [-0.4, -0.2) is 22.0 Å². The largest absolute Gasteiger partial charge is 0.476 e. The molecule has 104 valence electrons. The summed E-state index contributed by atoms with van der Waals surface area (Å²) in [5, 5.41) is 13.5. The molecule has 2 N–H and O–H groups in total. The lowest BCUT2D eigenvalue weighted by Gasteiger charge is -2.06. The predicted octanol–water partition coefficient (Wildman–Crippen LogP) is 2.84. The van der Waals surface area contributed by atoms with Gasteiger partial charge < -0.3 is 10.4 Å². The van der Waals surface area contributed by atoms with Gasteiger partial charge in [0.1, 0.15) is 5.01 Å². The number of halogens is 1. The lowest BCUT2D eigenvalue weighted by atomic mass is 10.1. The van der Waals surface area contributed by atoms with Crippen LogP contribution < -0.4 is 5.32 Å². The Kier molecular flexibility index (Phi) is 4.51. The Hall–Kier alpha value is -1.73. The molecule has 1 aromatic heterocycles. The summed E-state index contributed by atoms with van der Waals surface area (Å²) in [7, 11) is 0. The van der Waals surface area contributed by atoms with Gasteiger partial charge >= 0.3 is 5.97 Å². The molecule has 0 aliphatic heterocycles. The summed E-state index contributed by atoms with van der Waals surface area (Å²) in [6.07, 6.45) is 0. The number of thiazole rings is 1. The van der Waals surface area contributed by atoms with Gasteiger partial charge in [0, 0.05) is 9.85 Å². The van der Waals surface area contributed by atoms with Crippen molar-refractivity contribution in [1.82, 2.24) is 10.3 Å². The lowest BCUT2D eigenvalue weighted by Crippen LogP contribution is -2.23. The fourth-order valence-corrected chi connectivity index (χ4v) is 2.93. The molecule has 0 saturated heterocycles. The molecule has 0 radical (unpaired) electrons. The van der Waals surface area contributed by atoms with E-state index in [0.29, 0.717) is 10.6 Å². The molecule has 2 aromatic rings. The van der Waals surface area contributed by atoms with E-state index in [9.17, 15) is 9.59 Å². The quantitative estimate of drug-likeness (QED) is 0.884. The Morgan fingerprint density at radius 1 is 1.45 bits per heavy atom. The van der Waals surface area contributed by atoms with Gasteiger partial charge in [-0.15, -0.1) is 11.3 Å². The highest BCUT2D eigenvalue weighted by molar-refractivity contribution is 9.10. The highest BCUT2D eigenvalue weighted by Gasteiger charge is 2.12. The molecule has 0 aliphatic carbocycles. The van der Waals surface area contributed by atoms with Crippen LogP contribution in [0.5, 0.6) is 0 Å². The third kappa shape index (κ3) is 3.43. The normalized spacial score (nSPS) is 10.3. The van der Waals surface area contributed by atoms with E-state index in [4.69, 9.17) is 5.11 Å². The van der Waals surface area contributed by atoms with Crippen LogP contribution in [0.1, 0.15) is 31.4 Å². The fourth-order valence-electron chi connectivity index (χ4n) is 1.55. The number of hydrogen-bond acceptors (Lipinski definition) is 4. The molecule has 1 aromatic carbocycles. The smallest absolute Gasteiger partial charge is 0.355 e. The maximum Gasteiger partial charge on any atom is 0.355 e. The second-order valence-corrected chi connectivity index (χ2v) is 5.89. The number of amides is 1. The van der Waals surface area contributed by atoms with E-state index >= 15 is 0 Å². The second kappa shape index (κ2) is 6.15. The van der Waals surface area contributed by atoms with Crippen LogP contribution in [0.4, 0.5) is 0 Å². The fraction of sp³-hybridized carbons (Fsp3) is 0.154. The molecule has 0 spiro atoms. The van der Waals surface area contributed by atoms with E-state index in [2.05, 4.69) is 26.2 Å². The van der Waals surface area contributed by atoms with Gasteiger partial charge in [-0.25, -0.2) is 9.78 Å². The minimum Gasteiger partial charge on any atom is -0.476 e. The highest BCUT2D eigenvalue weighted by atomic mass is 79.9. The Bertz CT molecular complexity index is 669. The Balaban J connectivity index is 2.02. The van der Waals surface area contributed by atoms with E-state index in [1.54, 1.807) is 6.07 Å². The van der Waals surface area contributed by atoms with Crippen molar-refractivity contribution in [3.8, 4) is 0 Å². The average molecular weight is 355 g/mol. The number of carboxylic acid groups (broad SMARTS) is 1. The first-order valence-corrected chi connectivity index (χ1v) is 7.36. The van der Waals surface area contributed by atoms with E-state index in [1.165, 1.54) is 16.7 Å². The van der Waals surface area contributed by atoms with E-state index in [1.807, 2.05) is 19.1 Å². The molecule has 2 rings (SSSR count). The zero-order valence-corrected chi connectivity index (χ0v) is 12.9. The maximum atomic E-state index is 12.0. The van der Waals surface area contributed by atoms with Crippen LogP contribution in [-0.2, 0) is 6.54 Å². The summed E-state index contributed by atoms with van der Waals surface area (Å²) in [5.41, 5.74) is 1.58. The van der Waals surface area contributed by atoms with Crippen molar-refractivity contribution in [3.63, 3.8) is 0 Å². The third-order valence-corrected chi connectivity index (χ3v) is 4.05. The molecule has 0 bridgehead atoms. The number of benzene rings is 1. The van der Waals surface area contributed by atoms with E-state index in [0.717, 1.165) is 10.0 Å². The van der Waals surface area contributed by atoms with Crippen molar-refractivity contribution in [2.45, 2.75) is 13.5 Å². The number of aromatic carboxylic acids is 1. The predicted molar refractivity (Wildman–Crippen MR) is 79.1 cm³/mol. The first kappa shape index (κ1) is 14.7. The van der Waals surface area contributed by atoms with Crippen molar-refractivity contribution >= 4 is 39.1 Å². The molecule has 0 atom stereocenters. The monoisotopic (exact) mass is 354 g/mol. The van der Waals surface area contributed by atoms with E-state index in [-0.39, 0.29) is 18.1 Å². The number of nitrogens with zero attached hydrogens (tertiary/aromatic N) is 1. The molecular weight excluding hydrogens is 344 g/mol. The van der Waals surface area contributed by atoms with Gasteiger partial charge in [0.2, 0.25) is 0 Å². The number of hydrogen-bond donors (Lipinski definition) is 2. The summed E-state index contributed by atoms with van der Waals surface area (Å²) in [6, 6.07) is 5.45. The zero-order chi connectivity index (χ0) is 14.7. The van der Waals surface area contributed by atoms with Crippen LogP contribution in [0.3, 0.4) is 0 Å². The number of aromatic nitrogens is 1.